The molecule has 3 nitrogen and oxygen atoms in total. The average Bonchev–Trinajstić information content (AvgIpc) is 2.84. The van der Waals surface area contributed by atoms with Gasteiger partial charge in [-0.3, -0.25) is 9.69 Å². The summed E-state index contributed by atoms with van der Waals surface area (Å²) in [6, 6.07) is 4.95. The highest BCUT2D eigenvalue weighted by molar-refractivity contribution is 9.10. The molecule has 1 fully saturated rings. The summed E-state index contributed by atoms with van der Waals surface area (Å²) in [4.78, 5) is 13.4. The van der Waals surface area contributed by atoms with Crippen LogP contribution in [0, 0.1) is 5.92 Å². The molecular formula is C14H15BrClF3N2O. The molecule has 0 unspecified atom stereocenters. The van der Waals surface area contributed by atoms with E-state index in [1.54, 1.807) is 18.2 Å². The molecule has 2 rings (SSSR count). The molecule has 1 aromatic carbocycles. The first-order valence-corrected chi connectivity index (χ1v) is 7.94. The zero-order valence-electron chi connectivity index (χ0n) is 11.6. The molecule has 1 N–H and O–H groups in total. The van der Waals surface area contributed by atoms with Crippen LogP contribution in [0.2, 0.25) is 5.02 Å². The largest absolute Gasteiger partial charge is 0.401 e. The Kier molecular flexibility index (Phi) is 5.74. The molecule has 22 heavy (non-hydrogen) atoms. The van der Waals surface area contributed by atoms with Crippen molar-refractivity contribution in [1.82, 2.24) is 10.2 Å². The van der Waals surface area contributed by atoms with Gasteiger partial charge in [0.2, 0.25) is 0 Å². The molecule has 1 aliphatic rings. The van der Waals surface area contributed by atoms with Gasteiger partial charge < -0.3 is 5.32 Å². The van der Waals surface area contributed by atoms with Crippen molar-refractivity contribution in [2.75, 3.05) is 26.2 Å². The number of alkyl halides is 3. The van der Waals surface area contributed by atoms with E-state index >= 15 is 0 Å². The molecule has 8 heteroatoms. The number of carbonyl (C=O) groups excluding carboxylic acids is 1. The van der Waals surface area contributed by atoms with Crippen molar-refractivity contribution in [3.05, 3.63) is 33.3 Å². The molecule has 0 aliphatic carbocycles. The Morgan fingerprint density at radius 2 is 2.18 bits per heavy atom. The third-order valence-corrected chi connectivity index (χ3v) is 4.32. The molecular weight excluding hydrogens is 385 g/mol. The average molecular weight is 400 g/mol. The normalized spacial score (nSPS) is 19.4. The second kappa shape index (κ2) is 7.19. The topological polar surface area (TPSA) is 32.3 Å². The molecule has 122 valence electrons. The van der Waals surface area contributed by atoms with Crippen LogP contribution in [0.3, 0.4) is 0 Å². The van der Waals surface area contributed by atoms with Crippen LogP contribution in [0.15, 0.2) is 22.7 Å². The Morgan fingerprint density at radius 1 is 1.45 bits per heavy atom. The van der Waals surface area contributed by atoms with Gasteiger partial charge in [-0.1, -0.05) is 27.5 Å². The van der Waals surface area contributed by atoms with Gasteiger partial charge in [0.15, 0.2) is 0 Å². The first-order chi connectivity index (χ1) is 10.2. The minimum Gasteiger partial charge on any atom is -0.352 e. The molecule has 0 radical (unpaired) electrons. The third-order valence-electron chi connectivity index (χ3n) is 3.50. The van der Waals surface area contributed by atoms with Crippen molar-refractivity contribution < 1.29 is 18.0 Å². The first-order valence-electron chi connectivity index (χ1n) is 6.77. The minimum atomic E-state index is -4.18. The zero-order valence-corrected chi connectivity index (χ0v) is 13.9. The molecule has 1 aromatic rings. The van der Waals surface area contributed by atoms with Crippen LogP contribution >= 0.6 is 27.5 Å². The fourth-order valence-electron chi connectivity index (χ4n) is 2.48. The number of carbonyl (C=O) groups is 1. The van der Waals surface area contributed by atoms with Gasteiger partial charge in [-0.2, -0.15) is 13.2 Å². The highest BCUT2D eigenvalue weighted by atomic mass is 79.9. The van der Waals surface area contributed by atoms with Crippen molar-refractivity contribution in [1.29, 1.82) is 0 Å². The number of likely N-dealkylation sites (tertiary alicyclic amines) is 1. The second-order valence-corrected chi connectivity index (χ2v) is 6.66. The summed E-state index contributed by atoms with van der Waals surface area (Å²) in [6.45, 7) is 0.189. The fourth-order valence-corrected chi connectivity index (χ4v) is 3.04. The summed E-state index contributed by atoms with van der Waals surface area (Å²) in [6.07, 6.45) is -3.54. The van der Waals surface area contributed by atoms with Gasteiger partial charge in [-0.05, 0) is 37.1 Å². The Labute approximate surface area is 139 Å². The van der Waals surface area contributed by atoms with E-state index in [9.17, 15) is 18.0 Å². The smallest absolute Gasteiger partial charge is 0.352 e. The van der Waals surface area contributed by atoms with Crippen LogP contribution in [0.25, 0.3) is 0 Å². The number of hydrogen-bond donors (Lipinski definition) is 1. The summed E-state index contributed by atoms with van der Waals surface area (Å²) in [7, 11) is 0. The number of halogens is 5. The quantitative estimate of drug-likeness (QED) is 0.837. The standard InChI is InChI=1S/C14H15BrClF3N2O/c15-10-1-2-12(16)11(5-10)13(22)20-6-9-3-4-21(7-9)8-14(17,18)19/h1-2,5,9H,3-4,6-8H2,(H,20,22)/t9-/m1/s1. The molecule has 1 aliphatic heterocycles. The third kappa shape index (κ3) is 5.14. The first kappa shape index (κ1) is 17.6. The maximum atomic E-state index is 12.3. The number of amides is 1. The number of hydrogen-bond acceptors (Lipinski definition) is 2. The monoisotopic (exact) mass is 398 g/mol. The van der Waals surface area contributed by atoms with Crippen molar-refractivity contribution in [2.45, 2.75) is 12.6 Å². The van der Waals surface area contributed by atoms with Crippen LogP contribution in [-0.4, -0.2) is 43.2 Å². The van der Waals surface area contributed by atoms with Gasteiger partial charge in [-0.15, -0.1) is 0 Å². The Bertz CT molecular complexity index is 553. The van der Waals surface area contributed by atoms with E-state index in [0.717, 1.165) is 4.47 Å². The minimum absolute atomic E-state index is 0.0252. The van der Waals surface area contributed by atoms with E-state index in [4.69, 9.17) is 11.6 Å². The fraction of sp³-hybridized carbons (Fsp3) is 0.500. The van der Waals surface area contributed by atoms with E-state index < -0.39 is 12.7 Å². The summed E-state index contributed by atoms with van der Waals surface area (Å²) in [5, 5.41) is 3.08. The Morgan fingerprint density at radius 3 is 2.86 bits per heavy atom. The zero-order chi connectivity index (χ0) is 16.3. The Hall–Kier alpha value is -0.790. The van der Waals surface area contributed by atoms with Gasteiger partial charge in [-0.25, -0.2) is 0 Å². The highest BCUT2D eigenvalue weighted by Crippen LogP contribution is 2.23. The van der Waals surface area contributed by atoms with E-state index in [1.807, 2.05) is 0 Å². The lowest BCUT2D eigenvalue weighted by Crippen LogP contribution is -2.34. The lowest BCUT2D eigenvalue weighted by Gasteiger charge is -2.18. The second-order valence-electron chi connectivity index (χ2n) is 5.34. The van der Waals surface area contributed by atoms with Crippen LogP contribution < -0.4 is 5.32 Å². The van der Waals surface area contributed by atoms with Gasteiger partial charge >= 0.3 is 6.18 Å². The van der Waals surface area contributed by atoms with E-state index in [0.29, 0.717) is 36.6 Å². The molecule has 1 heterocycles. The van der Waals surface area contributed by atoms with Crippen LogP contribution in [0.4, 0.5) is 13.2 Å². The lowest BCUT2D eigenvalue weighted by atomic mass is 10.1. The number of rotatable bonds is 4. The predicted octanol–water partition coefficient (Wildman–Crippen LogP) is 3.72. The molecule has 0 bridgehead atoms. The van der Waals surface area contributed by atoms with E-state index in [-0.39, 0.29) is 11.8 Å². The molecule has 1 atom stereocenters. The molecule has 1 amide bonds. The van der Waals surface area contributed by atoms with Crippen molar-refractivity contribution in [3.63, 3.8) is 0 Å². The Balaban J connectivity index is 1.84. The number of benzene rings is 1. The van der Waals surface area contributed by atoms with Crippen LogP contribution in [0.5, 0.6) is 0 Å². The van der Waals surface area contributed by atoms with Gasteiger partial charge in [0, 0.05) is 17.6 Å². The van der Waals surface area contributed by atoms with Crippen molar-refractivity contribution in [2.24, 2.45) is 5.92 Å². The van der Waals surface area contributed by atoms with Crippen molar-refractivity contribution in [3.8, 4) is 0 Å². The van der Waals surface area contributed by atoms with Crippen molar-refractivity contribution >= 4 is 33.4 Å². The maximum absolute atomic E-state index is 12.3. The summed E-state index contributed by atoms with van der Waals surface area (Å²) >= 11 is 9.23. The van der Waals surface area contributed by atoms with Gasteiger partial charge in [0.05, 0.1) is 17.1 Å². The van der Waals surface area contributed by atoms with Crippen LogP contribution in [0.1, 0.15) is 16.8 Å². The number of nitrogens with one attached hydrogen (secondary N) is 1. The number of nitrogens with zero attached hydrogens (tertiary/aromatic N) is 1. The lowest BCUT2D eigenvalue weighted by molar-refractivity contribution is -0.143. The SMILES string of the molecule is O=C(NC[C@H]1CCN(CC(F)(F)F)C1)c1cc(Br)ccc1Cl. The van der Waals surface area contributed by atoms with E-state index in [2.05, 4.69) is 21.2 Å². The predicted molar refractivity (Wildman–Crippen MR) is 82.1 cm³/mol. The molecule has 0 saturated carbocycles. The van der Waals surface area contributed by atoms with E-state index in [1.165, 1.54) is 4.90 Å². The van der Waals surface area contributed by atoms with Gasteiger partial charge in [0.25, 0.3) is 5.91 Å². The molecule has 1 saturated heterocycles. The molecule has 0 aromatic heterocycles. The van der Waals surface area contributed by atoms with Crippen LogP contribution in [-0.2, 0) is 0 Å². The molecule has 0 spiro atoms. The summed E-state index contributed by atoms with van der Waals surface area (Å²) < 4.78 is 37.7. The highest BCUT2D eigenvalue weighted by Gasteiger charge is 2.34. The summed E-state index contributed by atoms with van der Waals surface area (Å²) in [5.41, 5.74) is 0.348. The summed E-state index contributed by atoms with van der Waals surface area (Å²) in [5.74, 6) is -0.294. The van der Waals surface area contributed by atoms with Gasteiger partial charge in [0.1, 0.15) is 0 Å². The maximum Gasteiger partial charge on any atom is 0.401 e.